The number of rotatable bonds is 4. The van der Waals surface area contributed by atoms with E-state index < -0.39 is 15.2 Å². The Hall–Kier alpha value is -0.780. The number of hydrogen-bond donors (Lipinski definition) is 2. The highest BCUT2D eigenvalue weighted by Gasteiger charge is 2.07. The highest BCUT2D eigenvalue weighted by Crippen LogP contribution is 2.11. The van der Waals surface area contributed by atoms with Crippen molar-refractivity contribution in [2.75, 3.05) is 9.93 Å². The predicted molar refractivity (Wildman–Crippen MR) is 55.6 cm³/mol. The first kappa shape index (κ1) is 11.3. The molecule has 6 heteroatoms. The molecule has 0 heterocycles. The lowest BCUT2D eigenvalue weighted by molar-refractivity contribution is 0.282. The molecule has 0 radical (unpaired) electrons. The van der Waals surface area contributed by atoms with E-state index in [0.29, 0.717) is 5.69 Å². The Morgan fingerprint density at radius 1 is 1.29 bits per heavy atom. The maximum Gasteiger partial charge on any atom is 0.246 e. The number of benzene rings is 1. The normalized spacial score (nSPS) is 11.3. The van der Waals surface area contributed by atoms with E-state index in [2.05, 4.69) is 4.72 Å². The van der Waals surface area contributed by atoms with Gasteiger partial charge in [-0.3, -0.25) is 4.72 Å². The second-order valence-electron chi connectivity index (χ2n) is 2.68. The first-order chi connectivity index (χ1) is 6.57. The number of nitrogens with one attached hydrogen (secondary N) is 1. The SMILES string of the molecule is O=S(=O)(CCl)Nc1ccc(CO)cc1. The summed E-state index contributed by atoms with van der Waals surface area (Å²) in [4.78, 5) is 0. The van der Waals surface area contributed by atoms with Crippen molar-refractivity contribution in [1.82, 2.24) is 0 Å². The van der Waals surface area contributed by atoms with Gasteiger partial charge in [-0.1, -0.05) is 12.1 Å². The standard InChI is InChI=1S/C8H10ClNO3S/c9-6-14(12,13)10-8-3-1-7(5-11)2-4-8/h1-4,10-11H,5-6H2. The van der Waals surface area contributed by atoms with Crippen LogP contribution in [-0.2, 0) is 16.6 Å². The summed E-state index contributed by atoms with van der Waals surface area (Å²) in [6.45, 7) is -0.0669. The third-order valence-electron chi connectivity index (χ3n) is 1.55. The monoisotopic (exact) mass is 235 g/mol. The van der Waals surface area contributed by atoms with Crippen molar-refractivity contribution >= 4 is 27.3 Å². The van der Waals surface area contributed by atoms with E-state index in [1.165, 1.54) is 0 Å². The molecule has 0 saturated heterocycles. The molecule has 0 aromatic heterocycles. The van der Waals surface area contributed by atoms with Crippen LogP contribution in [0.1, 0.15) is 5.56 Å². The molecule has 78 valence electrons. The van der Waals surface area contributed by atoms with Gasteiger partial charge in [0.2, 0.25) is 10.0 Å². The van der Waals surface area contributed by atoms with Crippen molar-refractivity contribution in [1.29, 1.82) is 0 Å². The number of aliphatic hydroxyl groups excluding tert-OH is 1. The van der Waals surface area contributed by atoms with E-state index in [1.807, 2.05) is 0 Å². The molecule has 1 aromatic rings. The van der Waals surface area contributed by atoms with E-state index in [4.69, 9.17) is 16.7 Å². The van der Waals surface area contributed by atoms with Gasteiger partial charge in [-0.15, -0.1) is 11.6 Å². The average Bonchev–Trinajstić information content (AvgIpc) is 2.19. The van der Waals surface area contributed by atoms with Crippen molar-refractivity contribution in [3.63, 3.8) is 0 Å². The summed E-state index contributed by atoms with van der Waals surface area (Å²) in [5, 5.41) is 8.27. The molecule has 4 nitrogen and oxygen atoms in total. The van der Waals surface area contributed by atoms with E-state index in [9.17, 15) is 8.42 Å². The zero-order valence-electron chi connectivity index (χ0n) is 7.27. The van der Waals surface area contributed by atoms with Crippen LogP contribution in [0.15, 0.2) is 24.3 Å². The molecule has 14 heavy (non-hydrogen) atoms. The Balaban J connectivity index is 2.79. The molecule has 1 aromatic carbocycles. The van der Waals surface area contributed by atoms with Gasteiger partial charge < -0.3 is 5.11 Å². The molecule has 0 atom stereocenters. The first-order valence-electron chi connectivity index (χ1n) is 3.83. The minimum Gasteiger partial charge on any atom is -0.392 e. The quantitative estimate of drug-likeness (QED) is 0.769. The molecular weight excluding hydrogens is 226 g/mol. The lowest BCUT2D eigenvalue weighted by Crippen LogP contribution is -2.13. The van der Waals surface area contributed by atoms with Gasteiger partial charge in [0.25, 0.3) is 0 Å². The Morgan fingerprint density at radius 3 is 2.29 bits per heavy atom. The average molecular weight is 236 g/mol. The summed E-state index contributed by atoms with van der Waals surface area (Å²) in [6, 6.07) is 6.39. The van der Waals surface area contributed by atoms with Gasteiger partial charge in [-0.2, -0.15) is 0 Å². The van der Waals surface area contributed by atoms with E-state index in [0.717, 1.165) is 5.56 Å². The van der Waals surface area contributed by atoms with Crippen LogP contribution in [0.3, 0.4) is 0 Å². The molecule has 1 rings (SSSR count). The maximum absolute atomic E-state index is 11.0. The molecule has 0 fully saturated rings. The van der Waals surface area contributed by atoms with Gasteiger partial charge in [0.1, 0.15) is 5.21 Å². The van der Waals surface area contributed by atoms with Gasteiger partial charge in [-0.05, 0) is 17.7 Å². The number of hydrogen-bond acceptors (Lipinski definition) is 3. The van der Waals surface area contributed by atoms with Crippen LogP contribution in [-0.4, -0.2) is 18.7 Å². The van der Waals surface area contributed by atoms with Gasteiger partial charge >= 0.3 is 0 Å². The number of alkyl halides is 1. The van der Waals surface area contributed by atoms with E-state index >= 15 is 0 Å². The van der Waals surface area contributed by atoms with Crippen LogP contribution >= 0.6 is 11.6 Å². The minimum atomic E-state index is -3.44. The molecule has 0 amide bonds. The Morgan fingerprint density at radius 2 is 1.86 bits per heavy atom. The van der Waals surface area contributed by atoms with Crippen LogP contribution in [0.5, 0.6) is 0 Å². The van der Waals surface area contributed by atoms with Crippen molar-refractivity contribution < 1.29 is 13.5 Å². The molecule has 0 aliphatic rings. The summed E-state index contributed by atoms with van der Waals surface area (Å²) in [5.41, 5.74) is 1.15. The van der Waals surface area contributed by atoms with Crippen molar-refractivity contribution in [2.45, 2.75) is 6.61 Å². The third kappa shape index (κ3) is 3.17. The predicted octanol–water partition coefficient (Wildman–Crippen LogP) is 1.12. The molecule has 0 aliphatic heterocycles. The number of sulfonamides is 1. The van der Waals surface area contributed by atoms with Gasteiger partial charge in [0, 0.05) is 5.69 Å². The number of aliphatic hydroxyl groups is 1. The Labute approximate surface area is 87.6 Å². The van der Waals surface area contributed by atoms with Gasteiger partial charge in [0.15, 0.2) is 0 Å². The molecule has 0 saturated carbocycles. The molecule has 0 spiro atoms. The fourth-order valence-electron chi connectivity index (χ4n) is 0.885. The fourth-order valence-corrected chi connectivity index (χ4v) is 1.60. The van der Waals surface area contributed by atoms with Crippen LogP contribution in [0.25, 0.3) is 0 Å². The fraction of sp³-hybridized carbons (Fsp3) is 0.250. The maximum atomic E-state index is 11.0. The molecule has 0 bridgehead atoms. The topological polar surface area (TPSA) is 66.4 Å². The van der Waals surface area contributed by atoms with Crippen LogP contribution < -0.4 is 4.72 Å². The smallest absolute Gasteiger partial charge is 0.246 e. The highest BCUT2D eigenvalue weighted by atomic mass is 35.5. The van der Waals surface area contributed by atoms with Crippen LogP contribution in [0.4, 0.5) is 5.69 Å². The molecule has 0 aliphatic carbocycles. The zero-order chi connectivity index (χ0) is 10.6. The van der Waals surface area contributed by atoms with Crippen molar-refractivity contribution in [2.24, 2.45) is 0 Å². The summed E-state index contributed by atoms with van der Waals surface area (Å²) in [7, 11) is -3.44. The number of anilines is 1. The second kappa shape index (κ2) is 4.63. The highest BCUT2D eigenvalue weighted by molar-refractivity contribution is 7.93. The lowest BCUT2D eigenvalue weighted by atomic mass is 10.2. The van der Waals surface area contributed by atoms with Crippen LogP contribution in [0.2, 0.25) is 0 Å². The zero-order valence-corrected chi connectivity index (χ0v) is 8.85. The molecular formula is C8H10ClNO3S. The summed E-state index contributed by atoms with van der Waals surface area (Å²) < 4.78 is 24.3. The first-order valence-corrected chi connectivity index (χ1v) is 6.02. The van der Waals surface area contributed by atoms with Crippen LogP contribution in [0, 0.1) is 0 Å². The minimum absolute atomic E-state index is 0.0669. The second-order valence-corrected chi connectivity index (χ2v) is 4.99. The Kier molecular flexibility index (Phi) is 3.74. The largest absolute Gasteiger partial charge is 0.392 e. The molecule has 0 unspecified atom stereocenters. The van der Waals surface area contributed by atoms with E-state index in [-0.39, 0.29) is 6.61 Å². The van der Waals surface area contributed by atoms with Gasteiger partial charge in [0.05, 0.1) is 6.61 Å². The number of halogens is 1. The van der Waals surface area contributed by atoms with Crippen molar-refractivity contribution in [3.05, 3.63) is 29.8 Å². The lowest BCUT2D eigenvalue weighted by Gasteiger charge is -2.05. The summed E-state index contributed by atoms with van der Waals surface area (Å²) in [6.07, 6.45) is 0. The van der Waals surface area contributed by atoms with Gasteiger partial charge in [-0.25, -0.2) is 8.42 Å². The molecule has 2 N–H and O–H groups in total. The van der Waals surface area contributed by atoms with Crippen molar-refractivity contribution in [3.8, 4) is 0 Å². The summed E-state index contributed by atoms with van der Waals surface area (Å²) in [5.74, 6) is 0. The Bertz CT molecular complexity index is 388. The summed E-state index contributed by atoms with van der Waals surface area (Å²) >= 11 is 5.21. The van der Waals surface area contributed by atoms with E-state index in [1.54, 1.807) is 24.3 Å². The third-order valence-corrected chi connectivity index (χ3v) is 3.25.